The molecule has 0 aliphatic rings. The molecule has 17 heavy (non-hydrogen) atoms. The van der Waals surface area contributed by atoms with E-state index in [0.29, 0.717) is 5.56 Å². The zero-order valence-corrected chi connectivity index (χ0v) is 13.0. The number of aryl methyl sites for hydroxylation is 1. The molecule has 1 nitrogen and oxygen atoms in total. The third kappa shape index (κ3) is 2.78. The number of nitrogens with two attached hydrogens (primary N) is 1. The smallest absolute Gasteiger partial charge is 0.126 e. The molecule has 0 bridgehead atoms. The summed E-state index contributed by atoms with van der Waals surface area (Å²) in [5.74, 6) is -0.215. The molecule has 2 aromatic rings. The van der Waals surface area contributed by atoms with Crippen LogP contribution in [-0.4, -0.2) is 0 Å². The highest BCUT2D eigenvalue weighted by molar-refractivity contribution is 9.13. The zero-order chi connectivity index (χ0) is 12.6. The van der Waals surface area contributed by atoms with E-state index in [1.54, 1.807) is 24.3 Å². The van der Waals surface area contributed by atoms with E-state index in [-0.39, 0.29) is 11.9 Å². The SMILES string of the molecule is Cc1ccc(C(N)c2cc(Br)c(Br)s2)cc1F. The lowest BCUT2D eigenvalue weighted by molar-refractivity contribution is 0.614. The molecule has 1 aromatic heterocycles. The van der Waals surface area contributed by atoms with Gasteiger partial charge in [0.15, 0.2) is 0 Å². The number of rotatable bonds is 2. The highest BCUT2D eigenvalue weighted by Gasteiger charge is 2.14. The maximum absolute atomic E-state index is 13.5. The molecule has 0 amide bonds. The number of halogens is 3. The normalized spacial score (nSPS) is 12.8. The molecule has 1 unspecified atom stereocenters. The fourth-order valence-corrected chi connectivity index (χ4v) is 3.60. The lowest BCUT2D eigenvalue weighted by Crippen LogP contribution is -2.10. The molecular weight excluding hydrogens is 369 g/mol. The van der Waals surface area contributed by atoms with Gasteiger partial charge < -0.3 is 5.73 Å². The molecule has 2 N–H and O–H groups in total. The Balaban J connectivity index is 2.36. The fraction of sp³-hybridized carbons (Fsp3) is 0.167. The molecule has 0 saturated carbocycles. The van der Waals surface area contributed by atoms with E-state index in [1.807, 2.05) is 12.1 Å². The van der Waals surface area contributed by atoms with Crippen LogP contribution >= 0.6 is 43.2 Å². The van der Waals surface area contributed by atoms with E-state index >= 15 is 0 Å². The van der Waals surface area contributed by atoms with Crippen LogP contribution in [0.25, 0.3) is 0 Å². The van der Waals surface area contributed by atoms with Crippen molar-refractivity contribution in [2.75, 3.05) is 0 Å². The Labute approximate surface area is 120 Å². The van der Waals surface area contributed by atoms with Gasteiger partial charge in [-0.3, -0.25) is 0 Å². The minimum Gasteiger partial charge on any atom is -0.320 e. The lowest BCUT2D eigenvalue weighted by Gasteiger charge is -2.10. The van der Waals surface area contributed by atoms with Gasteiger partial charge >= 0.3 is 0 Å². The van der Waals surface area contributed by atoms with Gasteiger partial charge in [0.05, 0.1) is 9.83 Å². The largest absolute Gasteiger partial charge is 0.320 e. The van der Waals surface area contributed by atoms with E-state index in [0.717, 1.165) is 18.7 Å². The zero-order valence-electron chi connectivity index (χ0n) is 9.01. The third-order valence-corrected chi connectivity index (χ3v) is 5.87. The molecule has 0 fully saturated rings. The summed E-state index contributed by atoms with van der Waals surface area (Å²) in [4.78, 5) is 0.993. The van der Waals surface area contributed by atoms with E-state index in [4.69, 9.17) is 5.73 Å². The molecule has 90 valence electrons. The maximum atomic E-state index is 13.5. The number of hydrogen-bond acceptors (Lipinski definition) is 2. The van der Waals surface area contributed by atoms with Gasteiger partial charge in [0, 0.05) is 9.35 Å². The number of thiophene rings is 1. The van der Waals surface area contributed by atoms with Crippen LogP contribution in [-0.2, 0) is 0 Å². The van der Waals surface area contributed by atoms with Crippen LogP contribution in [0.2, 0.25) is 0 Å². The summed E-state index contributed by atoms with van der Waals surface area (Å²) in [7, 11) is 0. The summed E-state index contributed by atoms with van der Waals surface area (Å²) in [6.07, 6.45) is 0. The summed E-state index contributed by atoms with van der Waals surface area (Å²) >= 11 is 8.39. The number of hydrogen-bond donors (Lipinski definition) is 1. The van der Waals surface area contributed by atoms with Crippen molar-refractivity contribution in [1.29, 1.82) is 0 Å². The van der Waals surface area contributed by atoms with Crippen LogP contribution in [0.15, 0.2) is 32.5 Å². The first-order valence-electron chi connectivity index (χ1n) is 4.95. The summed E-state index contributed by atoms with van der Waals surface area (Å²) in [5, 5.41) is 0. The van der Waals surface area contributed by atoms with Crippen molar-refractivity contribution in [3.8, 4) is 0 Å². The summed E-state index contributed by atoms with van der Waals surface area (Å²) in [6, 6.07) is 6.78. The Morgan fingerprint density at radius 3 is 2.53 bits per heavy atom. The topological polar surface area (TPSA) is 26.0 Å². The van der Waals surface area contributed by atoms with Gasteiger partial charge in [0.25, 0.3) is 0 Å². The summed E-state index contributed by atoms with van der Waals surface area (Å²) < 4.78 is 15.4. The number of benzene rings is 1. The van der Waals surface area contributed by atoms with Crippen LogP contribution in [0.5, 0.6) is 0 Å². The van der Waals surface area contributed by atoms with Crippen molar-refractivity contribution in [3.63, 3.8) is 0 Å². The molecule has 0 aliphatic carbocycles. The van der Waals surface area contributed by atoms with Crippen molar-refractivity contribution < 1.29 is 4.39 Å². The van der Waals surface area contributed by atoms with E-state index in [1.165, 1.54) is 6.07 Å². The Morgan fingerprint density at radius 2 is 2.00 bits per heavy atom. The predicted octanol–water partition coefficient (Wildman–Crippen LogP) is 4.77. The molecule has 1 heterocycles. The van der Waals surface area contributed by atoms with Crippen molar-refractivity contribution in [3.05, 3.63) is 54.3 Å². The Kier molecular flexibility index (Phi) is 4.02. The molecule has 0 aliphatic heterocycles. The van der Waals surface area contributed by atoms with E-state index in [9.17, 15) is 4.39 Å². The molecule has 5 heteroatoms. The van der Waals surface area contributed by atoms with E-state index < -0.39 is 0 Å². The van der Waals surface area contributed by atoms with Gasteiger partial charge in [0.2, 0.25) is 0 Å². The van der Waals surface area contributed by atoms with Crippen LogP contribution in [0.4, 0.5) is 4.39 Å². The molecule has 0 radical (unpaired) electrons. The van der Waals surface area contributed by atoms with Crippen LogP contribution in [0.1, 0.15) is 22.0 Å². The highest BCUT2D eigenvalue weighted by Crippen LogP contribution is 2.36. The van der Waals surface area contributed by atoms with Gasteiger partial charge in [0.1, 0.15) is 5.82 Å². The maximum Gasteiger partial charge on any atom is 0.126 e. The second-order valence-corrected chi connectivity index (χ2v) is 7.01. The van der Waals surface area contributed by atoms with Gasteiger partial charge in [-0.2, -0.15) is 0 Å². The lowest BCUT2D eigenvalue weighted by atomic mass is 10.0. The first kappa shape index (κ1) is 13.2. The predicted molar refractivity (Wildman–Crippen MR) is 76.9 cm³/mol. The average molecular weight is 379 g/mol. The first-order chi connectivity index (χ1) is 7.99. The molecule has 1 atom stereocenters. The monoisotopic (exact) mass is 377 g/mol. The van der Waals surface area contributed by atoms with Crippen LogP contribution in [0, 0.1) is 12.7 Å². The second kappa shape index (κ2) is 5.18. The molecule has 0 saturated heterocycles. The Morgan fingerprint density at radius 1 is 1.29 bits per heavy atom. The van der Waals surface area contributed by atoms with Crippen molar-refractivity contribution >= 4 is 43.2 Å². The first-order valence-corrected chi connectivity index (χ1v) is 7.35. The van der Waals surface area contributed by atoms with Gasteiger partial charge in [-0.15, -0.1) is 11.3 Å². The molecular formula is C12H10Br2FNS. The van der Waals surface area contributed by atoms with Crippen LogP contribution < -0.4 is 5.73 Å². The van der Waals surface area contributed by atoms with Gasteiger partial charge in [-0.25, -0.2) is 4.39 Å². The highest BCUT2D eigenvalue weighted by atomic mass is 79.9. The quantitative estimate of drug-likeness (QED) is 0.800. The van der Waals surface area contributed by atoms with Crippen molar-refractivity contribution in [1.82, 2.24) is 0 Å². The van der Waals surface area contributed by atoms with Gasteiger partial charge in [-0.1, -0.05) is 12.1 Å². The van der Waals surface area contributed by atoms with Crippen LogP contribution in [0.3, 0.4) is 0 Å². The van der Waals surface area contributed by atoms with Crippen molar-refractivity contribution in [2.24, 2.45) is 5.73 Å². The van der Waals surface area contributed by atoms with Crippen molar-refractivity contribution in [2.45, 2.75) is 13.0 Å². The summed E-state index contributed by atoms with van der Waals surface area (Å²) in [5.41, 5.74) is 7.54. The minimum atomic E-state index is -0.294. The fourth-order valence-electron chi connectivity index (χ4n) is 1.48. The molecule has 1 aromatic carbocycles. The average Bonchev–Trinajstić information content (AvgIpc) is 2.62. The Bertz CT molecular complexity index is 534. The molecule has 0 spiro atoms. The minimum absolute atomic E-state index is 0.215. The summed E-state index contributed by atoms with van der Waals surface area (Å²) in [6.45, 7) is 1.74. The van der Waals surface area contributed by atoms with Gasteiger partial charge in [-0.05, 0) is 62.0 Å². The second-order valence-electron chi connectivity index (χ2n) is 3.76. The molecule has 2 rings (SSSR count). The standard InChI is InChI=1S/C12H10Br2FNS/c1-6-2-3-7(4-9(6)15)11(16)10-5-8(13)12(14)17-10/h2-5,11H,16H2,1H3. The third-order valence-electron chi connectivity index (χ3n) is 2.53. The van der Waals surface area contributed by atoms with E-state index in [2.05, 4.69) is 31.9 Å². The Hall–Kier alpha value is -0.230.